The summed E-state index contributed by atoms with van der Waals surface area (Å²) in [6.07, 6.45) is 7.79. The Morgan fingerprint density at radius 3 is 2.45 bits per heavy atom. The highest BCUT2D eigenvalue weighted by Gasteiger charge is 2.47. The van der Waals surface area contributed by atoms with Gasteiger partial charge in [0.15, 0.2) is 15.7 Å². The molecule has 1 saturated heterocycles. The van der Waals surface area contributed by atoms with E-state index in [1.54, 1.807) is 10.7 Å². The van der Waals surface area contributed by atoms with Gasteiger partial charge in [-0.05, 0) is 55.5 Å². The summed E-state index contributed by atoms with van der Waals surface area (Å²) >= 11 is 0. The van der Waals surface area contributed by atoms with Gasteiger partial charge in [-0.1, -0.05) is 25.0 Å². The maximum Gasteiger partial charge on any atom is 0.225 e. The minimum atomic E-state index is -2.97. The number of hydrogen-bond donors (Lipinski definition) is 1. The second-order valence-electron chi connectivity index (χ2n) is 11.1. The van der Waals surface area contributed by atoms with Crippen molar-refractivity contribution in [3.05, 3.63) is 60.3 Å². The number of nitrogens with one attached hydrogen (secondary N) is 1. The predicted molar refractivity (Wildman–Crippen MR) is 148 cm³/mol. The molecule has 6 rings (SSSR count). The van der Waals surface area contributed by atoms with E-state index in [0.29, 0.717) is 31.7 Å². The number of halogens is 1. The van der Waals surface area contributed by atoms with E-state index in [9.17, 15) is 22.9 Å². The van der Waals surface area contributed by atoms with Crippen LogP contribution in [0.5, 0.6) is 0 Å². The molecule has 9 nitrogen and oxygen atoms in total. The summed E-state index contributed by atoms with van der Waals surface area (Å²) in [5.41, 5.74) is 2.78. The van der Waals surface area contributed by atoms with Crippen LogP contribution in [0.15, 0.2) is 48.8 Å². The highest BCUT2D eigenvalue weighted by molar-refractivity contribution is 7.91. The molecule has 2 saturated carbocycles. The molecule has 3 heterocycles. The van der Waals surface area contributed by atoms with E-state index in [2.05, 4.69) is 21.3 Å². The fourth-order valence-electron chi connectivity index (χ4n) is 5.82. The summed E-state index contributed by atoms with van der Waals surface area (Å²) in [7, 11) is -2.97. The van der Waals surface area contributed by atoms with Crippen molar-refractivity contribution in [2.75, 3.05) is 29.5 Å². The van der Waals surface area contributed by atoms with Crippen molar-refractivity contribution in [3.63, 3.8) is 0 Å². The van der Waals surface area contributed by atoms with Crippen LogP contribution in [0.1, 0.15) is 50.1 Å². The van der Waals surface area contributed by atoms with Gasteiger partial charge in [-0.2, -0.15) is 10.4 Å². The molecule has 11 heteroatoms. The number of nitrogens with zero attached hydrogens (tertiary/aromatic N) is 5. The summed E-state index contributed by atoms with van der Waals surface area (Å²) in [5.74, 6) is -0.224. The summed E-state index contributed by atoms with van der Waals surface area (Å²) in [6.45, 7) is 0.925. The van der Waals surface area contributed by atoms with Gasteiger partial charge in [0.05, 0.1) is 29.5 Å². The van der Waals surface area contributed by atoms with E-state index in [1.807, 2.05) is 30.5 Å². The lowest BCUT2D eigenvalue weighted by atomic mass is 9.75. The molecule has 0 radical (unpaired) electrons. The van der Waals surface area contributed by atoms with Gasteiger partial charge in [-0.15, -0.1) is 0 Å². The number of sulfone groups is 1. The van der Waals surface area contributed by atoms with Crippen molar-refractivity contribution in [1.29, 1.82) is 5.26 Å². The third-order valence-electron chi connectivity index (χ3n) is 8.36. The van der Waals surface area contributed by atoms with Crippen molar-refractivity contribution in [1.82, 2.24) is 20.1 Å². The van der Waals surface area contributed by atoms with Gasteiger partial charge in [0, 0.05) is 42.4 Å². The number of pyridine rings is 1. The molecule has 1 N–H and O–H groups in total. The Bertz CT molecular complexity index is 1540. The van der Waals surface area contributed by atoms with E-state index in [0.717, 1.165) is 54.4 Å². The zero-order chi connectivity index (χ0) is 27.9. The number of amides is 1. The Labute approximate surface area is 232 Å². The average Bonchev–Trinajstić information content (AvgIpc) is 3.60. The molecule has 208 valence electrons. The summed E-state index contributed by atoms with van der Waals surface area (Å²) in [5, 5.41) is 17.4. The number of carbonyl (C=O) groups excluding carboxylic acids is 1. The number of aromatic nitrogens is 3. The van der Waals surface area contributed by atoms with Crippen LogP contribution >= 0.6 is 0 Å². The molecule has 3 aromatic rings. The van der Waals surface area contributed by atoms with Gasteiger partial charge in [0.25, 0.3) is 0 Å². The number of nitriles is 1. The molecule has 0 spiro atoms. The zero-order valence-electron chi connectivity index (χ0n) is 22.1. The van der Waals surface area contributed by atoms with Crippen LogP contribution in [0.25, 0.3) is 16.9 Å². The van der Waals surface area contributed by atoms with E-state index >= 15 is 0 Å². The fraction of sp³-hybridized carbons (Fsp3) is 0.448. The lowest BCUT2D eigenvalue weighted by molar-refractivity contribution is -0.127. The highest BCUT2D eigenvalue weighted by atomic mass is 32.2. The number of anilines is 1. The molecule has 2 atom stereocenters. The molecule has 1 aromatic carbocycles. The van der Waals surface area contributed by atoms with Crippen molar-refractivity contribution >= 4 is 21.4 Å². The average molecular weight is 563 g/mol. The van der Waals surface area contributed by atoms with Crippen LogP contribution in [0.3, 0.4) is 0 Å². The van der Waals surface area contributed by atoms with Gasteiger partial charge >= 0.3 is 0 Å². The smallest absolute Gasteiger partial charge is 0.225 e. The van der Waals surface area contributed by atoms with Crippen LogP contribution in [0.4, 0.5) is 10.1 Å². The molecular formula is C29H31FN6O3S. The summed E-state index contributed by atoms with van der Waals surface area (Å²) < 4.78 is 38.9. The summed E-state index contributed by atoms with van der Waals surface area (Å²) in [4.78, 5) is 19.7. The van der Waals surface area contributed by atoms with E-state index in [-0.39, 0.29) is 29.2 Å². The Morgan fingerprint density at radius 1 is 1.07 bits per heavy atom. The first-order valence-electron chi connectivity index (χ1n) is 13.8. The minimum Gasteiger partial charge on any atom is -0.369 e. The van der Waals surface area contributed by atoms with Crippen LogP contribution in [0, 0.1) is 23.1 Å². The predicted octanol–water partition coefficient (Wildman–Crippen LogP) is 3.75. The van der Waals surface area contributed by atoms with Crippen molar-refractivity contribution in [2.24, 2.45) is 5.92 Å². The second kappa shape index (κ2) is 10.3. The Kier molecular flexibility index (Phi) is 6.82. The Morgan fingerprint density at radius 2 is 1.80 bits per heavy atom. The number of carbonyl (C=O) groups is 1. The quantitative estimate of drug-likeness (QED) is 0.486. The van der Waals surface area contributed by atoms with Gasteiger partial charge in [-0.3, -0.25) is 4.79 Å². The molecule has 2 aliphatic carbocycles. The lowest BCUT2D eigenvalue weighted by Crippen LogP contribution is -2.42. The topological polar surface area (TPSA) is 121 Å². The molecule has 1 amide bonds. The first-order chi connectivity index (χ1) is 19.3. The monoisotopic (exact) mass is 562 g/mol. The largest absolute Gasteiger partial charge is 0.369 e. The SMILES string of the molecule is N#CC1(NC(=O)C2CCCCC2c2nn(-c3ccc(F)cn3)cc2-c2ccc(N3CCS(=O)(=O)CC3)cc2)CC1. The number of rotatable bonds is 6. The van der Waals surface area contributed by atoms with Crippen LogP contribution in [-0.2, 0) is 14.6 Å². The van der Waals surface area contributed by atoms with E-state index < -0.39 is 21.2 Å². The fourth-order valence-corrected chi connectivity index (χ4v) is 7.02. The Hall–Kier alpha value is -3.78. The summed E-state index contributed by atoms with van der Waals surface area (Å²) in [6, 6.07) is 13.1. The van der Waals surface area contributed by atoms with Gasteiger partial charge in [-0.25, -0.2) is 22.5 Å². The molecule has 40 heavy (non-hydrogen) atoms. The maximum absolute atomic E-state index is 13.6. The van der Waals surface area contributed by atoms with Gasteiger partial charge in [0.2, 0.25) is 5.91 Å². The maximum atomic E-state index is 13.6. The molecule has 0 bridgehead atoms. The highest BCUT2D eigenvalue weighted by Crippen LogP contribution is 2.43. The molecule has 3 fully saturated rings. The molecule has 2 unspecified atom stereocenters. The number of benzene rings is 1. The van der Waals surface area contributed by atoms with Gasteiger partial charge in [0.1, 0.15) is 11.4 Å². The van der Waals surface area contributed by atoms with E-state index in [1.165, 1.54) is 6.07 Å². The van der Waals surface area contributed by atoms with Crippen molar-refractivity contribution < 1.29 is 17.6 Å². The minimum absolute atomic E-state index is 0.0976. The zero-order valence-corrected chi connectivity index (χ0v) is 22.9. The number of hydrogen-bond acceptors (Lipinski definition) is 7. The lowest BCUT2D eigenvalue weighted by Gasteiger charge is -2.31. The first kappa shape index (κ1) is 26.4. The molecule has 1 aliphatic heterocycles. The Balaban J connectivity index is 1.35. The van der Waals surface area contributed by atoms with Crippen molar-refractivity contribution in [2.45, 2.75) is 50.0 Å². The molecule has 2 aromatic heterocycles. The standard InChI is InChI=1S/C29H31FN6O3S/c30-21-7-10-26(32-17-21)36-18-25(20-5-8-22(9-6-20)35-13-15-40(38,39)16-14-35)27(34-36)23-3-1-2-4-24(23)28(37)33-29(19-31)11-12-29/h5-10,17-18,23-24H,1-4,11-16H2,(H,33,37). The van der Waals surface area contributed by atoms with Gasteiger partial charge < -0.3 is 10.2 Å². The third-order valence-corrected chi connectivity index (χ3v) is 9.97. The molecule has 3 aliphatic rings. The normalized spacial score (nSPS) is 23.2. The second-order valence-corrected chi connectivity index (χ2v) is 13.4. The van der Waals surface area contributed by atoms with Crippen molar-refractivity contribution in [3.8, 4) is 23.0 Å². The third kappa shape index (κ3) is 5.32. The molecular weight excluding hydrogens is 531 g/mol. The van der Waals surface area contributed by atoms with E-state index in [4.69, 9.17) is 5.10 Å². The first-order valence-corrected chi connectivity index (χ1v) is 15.6. The van der Waals surface area contributed by atoms with Crippen LogP contribution in [-0.4, -0.2) is 59.2 Å². The van der Waals surface area contributed by atoms with Crippen LogP contribution < -0.4 is 10.2 Å². The van der Waals surface area contributed by atoms with Crippen LogP contribution in [0.2, 0.25) is 0 Å².